The van der Waals surface area contributed by atoms with Crippen LogP contribution in [0.1, 0.15) is 11.1 Å². The molecule has 3 heteroatoms. The van der Waals surface area contributed by atoms with Crippen molar-refractivity contribution in [3.8, 4) is 11.5 Å². The monoisotopic (exact) mass is 244 g/mol. The molecule has 0 heterocycles. The van der Waals surface area contributed by atoms with Crippen LogP contribution in [0, 0.1) is 0 Å². The lowest BCUT2D eigenvalue weighted by molar-refractivity contribution is 0.278. The summed E-state index contributed by atoms with van der Waals surface area (Å²) in [6.45, 7) is 0.526. The molecule has 2 aromatic carbocycles. The van der Waals surface area contributed by atoms with Crippen LogP contribution in [0.4, 0.5) is 0 Å². The second kappa shape index (κ2) is 6.07. The Morgan fingerprint density at radius 2 is 1.72 bits per heavy atom. The summed E-state index contributed by atoms with van der Waals surface area (Å²) in [4.78, 5) is 0. The highest BCUT2D eigenvalue weighted by Gasteiger charge is 1.98. The Labute approximate surface area is 107 Å². The van der Waals surface area contributed by atoms with Crippen molar-refractivity contribution < 1.29 is 14.6 Å². The summed E-state index contributed by atoms with van der Waals surface area (Å²) in [7, 11) is 1.64. The minimum absolute atomic E-state index is 0.0275. The summed E-state index contributed by atoms with van der Waals surface area (Å²) in [5, 5.41) is 9.04. The summed E-state index contributed by atoms with van der Waals surface area (Å²) in [5.41, 5.74) is 1.92. The van der Waals surface area contributed by atoms with Crippen LogP contribution in [0.2, 0.25) is 0 Å². The lowest BCUT2D eigenvalue weighted by Gasteiger charge is -2.08. The van der Waals surface area contributed by atoms with Gasteiger partial charge >= 0.3 is 0 Å². The zero-order chi connectivity index (χ0) is 12.8. The van der Waals surface area contributed by atoms with Crippen molar-refractivity contribution in [2.45, 2.75) is 13.2 Å². The first-order valence-corrected chi connectivity index (χ1v) is 5.77. The highest BCUT2D eigenvalue weighted by molar-refractivity contribution is 5.30. The fourth-order valence-corrected chi connectivity index (χ4v) is 1.62. The van der Waals surface area contributed by atoms with Crippen LogP contribution in [0.3, 0.4) is 0 Å². The molecule has 0 bridgehead atoms. The minimum Gasteiger partial charge on any atom is -0.497 e. The first kappa shape index (κ1) is 12.5. The van der Waals surface area contributed by atoms with Gasteiger partial charge in [-0.25, -0.2) is 0 Å². The second-order valence-corrected chi connectivity index (χ2v) is 3.94. The maximum atomic E-state index is 9.04. The van der Waals surface area contributed by atoms with Crippen molar-refractivity contribution >= 4 is 0 Å². The molecule has 0 unspecified atom stereocenters. The van der Waals surface area contributed by atoms with E-state index in [1.165, 1.54) is 0 Å². The van der Waals surface area contributed by atoms with E-state index in [9.17, 15) is 0 Å². The summed E-state index contributed by atoms with van der Waals surface area (Å²) >= 11 is 0. The van der Waals surface area contributed by atoms with E-state index >= 15 is 0 Å². The maximum absolute atomic E-state index is 9.04. The number of hydrogen-bond acceptors (Lipinski definition) is 3. The van der Waals surface area contributed by atoms with Gasteiger partial charge < -0.3 is 14.6 Å². The van der Waals surface area contributed by atoms with Crippen LogP contribution in [0.15, 0.2) is 48.5 Å². The van der Waals surface area contributed by atoms with Gasteiger partial charge in [-0.15, -0.1) is 0 Å². The van der Waals surface area contributed by atoms with Gasteiger partial charge in [-0.1, -0.05) is 24.3 Å². The second-order valence-electron chi connectivity index (χ2n) is 3.94. The normalized spacial score (nSPS) is 10.1. The highest BCUT2D eigenvalue weighted by atomic mass is 16.5. The molecule has 0 atom stereocenters. The average molecular weight is 244 g/mol. The standard InChI is InChI=1S/C15H16O3/c1-17-14-7-5-12(6-8-14)11-18-15-4-2-3-13(9-15)10-16/h2-9,16H,10-11H2,1H3. The lowest BCUT2D eigenvalue weighted by Crippen LogP contribution is -1.96. The molecule has 0 saturated carbocycles. The predicted molar refractivity (Wildman–Crippen MR) is 69.7 cm³/mol. The number of hydrogen-bond donors (Lipinski definition) is 1. The van der Waals surface area contributed by atoms with E-state index in [1.807, 2.05) is 48.5 Å². The number of methoxy groups -OCH3 is 1. The molecular formula is C15H16O3. The molecule has 0 aliphatic heterocycles. The minimum atomic E-state index is 0.0275. The topological polar surface area (TPSA) is 38.7 Å². The Morgan fingerprint density at radius 1 is 0.944 bits per heavy atom. The first-order chi connectivity index (χ1) is 8.81. The van der Waals surface area contributed by atoms with Crippen LogP contribution in [0.5, 0.6) is 11.5 Å². The molecule has 94 valence electrons. The van der Waals surface area contributed by atoms with Gasteiger partial charge in [0.15, 0.2) is 0 Å². The summed E-state index contributed by atoms with van der Waals surface area (Å²) in [6.07, 6.45) is 0. The van der Waals surface area contributed by atoms with E-state index in [0.29, 0.717) is 6.61 Å². The molecule has 18 heavy (non-hydrogen) atoms. The van der Waals surface area contributed by atoms with E-state index in [-0.39, 0.29) is 6.61 Å². The number of aliphatic hydroxyl groups is 1. The van der Waals surface area contributed by atoms with Gasteiger partial charge in [-0.05, 0) is 35.4 Å². The molecule has 0 fully saturated rings. The fourth-order valence-electron chi connectivity index (χ4n) is 1.62. The fraction of sp³-hybridized carbons (Fsp3) is 0.200. The molecule has 0 aliphatic carbocycles. The van der Waals surface area contributed by atoms with E-state index in [1.54, 1.807) is 7.11 Å². The van der Waals surface area contributed by atoms with Gasteiger partial charge in [0.05, 0.1) is 13.7 Å². The maximum Gasteiger partial charge on any atom is 0.120 e. The van der Waals surface area contributed by atoms with Crippen LogP contribution >= 0.6 is 0 Å². The number of aliphatic hydroxyl groups excluding tert-OH is 1. The molecule has 0 saturated heterocycles. The first-order valence-electron chi connectivity index (χ1n) is 5.77. The third-order valence-corrected chi connectivity index (χ3v) is 2.65. The smallest absolute Gasteiger partial charge is 0.120 e. The molecule has 2 rings (SSSR count). The van der Waals surface area contributed by atoms with Crippen molar-refractivity contribution in [3.63, 3.8) is 0 Å². The highest BCUT2D eigenvalue weighted by Crippen LogP contribution is 2.16. The third kappa shape index (κ3) is 3.25. The van der Waals surface area contributed by atoms with Crippen molar-refractivity contribution in [3.05, 3.63) is 59.7 Å². The van der Waals surface area contributed by atoms with Gasteiger partial charge in [0.25, 0.3) is 0 Å². The Morgan fingerprint density at radius 3 is 2.39 bits per heavy atom. The van der Waals surface area contributed by atoms with Crippen molar-refractivity contribution in [1.82, 2.24) is 0 Å². The van der Waals surface area contributed by atoms with Gasteiger partial charge in [0, 0.05) is 0 Å². The van der Waals surface area contributed by atoms with Gasteiger partial charge in [0.1, 0.15) is 18.1 Å². The molecule has 3 nitrogen and oxygen atoms in total. The van der Waals surface area contributed by atoms with E-state index in [0.717, 1.165) is 22.6 Å². The molecule has 0 radical (unpaired) electrons. The number of benzene rings is 2. The summed E-state index contributed by atoms with van der Waals surface area (Å²) < 4.78 is 10.7. The Balaban J connectivity index is 1.97. The average Bonchev–Trinajstić information content (AvgIpc) is 2.46. The Hall–Kier alpha value is -2.00. The summed E-state index contributed by atoms with van der Waals surface area (Å²) in [6, 6.07) is 15.2. The van der Waals surface area contributed by atoms with E-state index < -0.39 is 0 Å². The molecule has 0 amide bonds. The molecule has 0 aliphatic rings. The summed E-state index contributed by atoms with van der Waals surface area (Å²) in [5.74, 6) is 1.60. The van der Waals surface area contributed by atoms with Crippen molar-refractivity contribution in [1.29, 1.82) is 0 Å². The molecule has 0 aromatic heterocycles. The van der Waals surface area contributed by atoms with Crippen LogP contribution in [-0.2, 0) is 13.2 Å². The third-order valence-electron chi connectivity index (χ3n) is 2.65. The van der Waals surface area contributed by atoms with Gasteiger partial charge in [-0.3, -0.25) is 0 Å². The number of rotatable bonds is 5. The molecular weight excluding hydrogens is 228 g/mol. The van der Waals surface area contributed by atoms with Gasteiger partial charge in [0.2, 0.25) is 0 Å². The Bertz CT molecular complexity index is 491. The van der Waals surface area contributed by atoms with Crippen LogP contribution in [-0.4, -0.2) is 12.2 Å². The zero-order valence-electron chi connectivity index (χ0n) is 10.3. The predicted octanol–water partition coefficient (Wildman–Crippen LogP) is 2.77. The quantitative estimate of drug-likeness (QED) is 0.879. The zero-order valence-corrected chi connectivity index (χ0v) is 10.3. The number of ether oxygens (including phenoxy) is 2. The van der Waals surface area contributed by atoms with E-state index in [4.69, 9.17) is 14.6 Å². The van der Waals surface area contributed by atoms with Crippen LogP contribution in [0.25, 0.3) is 0 Å². The largest absolute Gasteiger partial charge is 0.497 e. The van der Waals surface area contributed by atoms with E-state index in [2.05, 4.69) is 0 Å². The van der Waals surface area contributed by atoms with Crippen molar-refractivity contribution in [2.75, 3.05) is 7.11 Å². The van der Waals surface area contributed by atoms with Crippen molar-refractivity contribution in [2.24, 2.45) is 0 Å². The lowest BCUT2D eigenvalue weighted by atomic mass is 10.2. The molecule has 1 N–H and O–H groups in total. The molecule has 0 spiro atoms. The Kier molecular flexibility index (Phi) is 4.20. The van der Waals surface area contributed by atoms with Gasteiger partial charge in [-0.2, -0.15) is 0 Å². The SMILES string of the molecule is COc1ccc(COc2cccc(CO)c2)cc1. The van der Waals surface area contributed by atoms with Crippen LogP contribution < -0.4 is 9.47 Å². The molecule has 2 aromatic rings.